The lowest BCUT2D eigenvalue weighted by Crippen LogP contribution is -2.54. The monoisotopic (exact) mass is 555 g/mol. The van der Waals surface area contributed by atoms with E-state index < -0.39 is 5.54 Å². The lowest BCUT2D eigenvalue weighted by atomic mass is 9.84. The minimum atomic E-state index is -0.473. The number of urea groups is 1. The Kier molecular flexibility index (Phi) is 9.32. The van der Waals surface area contributed by atoms with Gasteiger partial charge in [0.1, 0.15) is 11.5 Å². The van der Waals surface area contributed by atoms with Crippen LogP contribution in [0.1, 0.15) is 24.0 Å². The van der Waals surface area contributed by atoms with Crippen molar-refractivity contribution in [2.24, 2.45) is 0 Å². The van der Waals surface area contributed by atoms with Crippen LogP contribution in [0.25, 0.3) is 0 Å². The molecule has 10 nitrogen and oxygen atoms in total. The van der Waals surface area contributed by atoms with Gasteiger partial charge in [0.2, 0.25) is 5.75 Å². The zero-order chi connectivity index (χ0) is 28.9. The predicted octanol–water partition coefficient (Wildman–Crippen LogP) is 4.16. The maximum absolute atomic E-state index is 13.9. The van der Waals surface area contributed by atoms with Gasteiger partial charge < -0.3 is 33.3 Å². The van der Waals surface area contributed by atoms with Crippen LogP contribution in [0.5, 0.6) is 28.7 Å². The van der Waals surface area contributed by atoms with Crippen molar-refractivity contribution < 1.29 is 33.2 Å². The number of amides is 2. The highest BCUT2D eigenvalue weighted by Crippen LogP contribution is 2.45. The fraction of sp³-hybridized carbons (Fsp3) is 0.500. The average molecular weight is 556 g/mol. The molecule has 1 spiro atoms. The van der Waals surface area contributed by atoms with E-state index in [4.69, 9.17) is 28.4 Å². The third kappa shape index (κ3) is 5.64. The van der Waals surface area contributed by atoms with E-state index in [0.29, 0.717) is 36.9 Å². The van der Waals surface area contributed by atoms with Gasteiger partial charge in [-0.2, -0.15) is 0 Å². The van der Waals surface area contributed by atoms with Crippen molar-refractivity contribution in [2.75, 3.05) is 68.9 Å². The van der Waals surface area contributed by atoms with E-state index in [9.17, 15) is 4.79 Å². The van der Waals surface area contributed by atoms with E-state index >= 15 is 0 Å². The van der Waals surface area contributed by atoms with E-state index in [-0.39, 0.29) is 6.03 Å². The topological polar surface area (TPSA) is 82.2 Å². The van der Waals surface area contributed by atoms with E-state index in [1.165, 1.54) is 0 Å². The molecule has 4 rings (SSSR count). The van der Waals surface area contributed by atoms with Crippen molar-refractivity contribution in [3.63, 3.8) is 0 Å². The Hall–Kier alpha value is -3.63. The Morgan fingerprint density at radius 2 is 1.35 bits per heavy atom. The summed E-state index contributed by atoms with van der Waals surface area (Å²) < 4.78 is 32.8. The maximum atomic E-state index is 13.9. The first-order valence-corrected chi connectivity index (χ1v) is 13.3. The molecule has 0 N–H and O–H groups in total. The second kappa shape index (κ2) is 12.7. The lowest BCUT2D eigenvalue weighted by Gasteiger charge is -2.44. The van der Waals surface area contributed by atoms with Gasteiger partial charge in [0.05, 0.1) is 54.2 Å². The van der Waals surface area contributed by atoms with Crippen LogP contribution in [0.4, 0.5) is 4.79 Å². The van der Waals surface area contributed by atoms with Gasteiger partial charge in [-0.1, -0.05) is 6.58 Å². The molecule has 2 aliphatic heterocycles. The molecule has 0 bridgehead atoms. The number of benzene rings is 2. The molecule has 0 aromatic heterocycles. The molecule has 0 saturated carbocycles. The van der Waals surface area contributed by atoms with Crippen molar-refractivity contribution in [3.8, 4) is 28.7 Å². The lowest BCUT2D eigenvalue weighted by molar-refractivity contribution is 0.0673. The van der Waals surface area contributed by atoms with Crippen LogP contribution in [0.3, 0.4) is 0 Å². The summed E-state index contributed by atoms with van der Waals surface area (Å²) in [5.74, 6) is 3.14. The van der Waals surface area contributed by atoms with Crippen LogP contribution < -0.4 is 23.7 Å². The van der Waals surface area contributed by atoms with Crippen LogP contribution in [-0.2, 0) is 17.8 Å². The standard InChI is InChI=1S/C30H41N3O7/c1-21-30(8-10-31(11-9-30)19-22-14-24(36-3)18-25(15-22)37-4)33(12-13-35-2)29(34)32(21)20-23-16-26(38-5)28(40-7)27(17-23)39-6/h14-18H,1,8-13,19-20H2,2-7H3. The zero-order valence-electron chi connectivity index (χ0n) is 24.5. The number of carbonyl (C=O) groups excluding carboxylic acids is 1. The molecule has 0 aliphatic carbocycles. The maximum Gasteiger partial charge on any atom is 0.325 e. The van der Waals surface area contributed by atoms with E-state index in [2.05, 4.69) is 11.5 Å². The highest BCUT2D eigenvalue weighted by molar-refractivity contribution is 5.82. The first-order chi connectivity index (χ1) is 19.3. The summed E-state index contributed by atoms with van der Waals surface area (Å²) >= 11 is 0. The van der Waals surface area contributed by atoms with Crippen LogP contribution in [0.2, 0.25) is 0 Å². The number of piperidine rings is 1. The van der Waals surface area contributed by atoms with E-state index in [0.717, 1.165) is 60.8 Å². The fourth-order valence-corrected chi connectivity index (χ4v) is 5.77. The molecule has 0 atom stereocenters. The van der Waals surface area contributed by atoms with Crippen molar-refractivity contribution in [2.45, 2.75) is 31.5 Å². The smallest absolute Gasteiger partial charge is 0.325 e. The molecule has 2 fully saturated rings. The molecule has 0 unspecified atom stereocenters. The van der Waals surface area contributed by atoms with Gasteiger partial charge in [-0.15, -0.1) is 0 Å². The van der Waals surface area contributed by atoms with E-state index in [1.807, 2.05) is 35.2 Å². The molecule has 2 aromatic carbocycles. The number of carbonyl (C=O) groups is 1. The highest BCUT2D eigenvalue weighted by atomic mass is 16.5. The van der Waals surface area contributed by atoms with E-state index in [1.54, 1.807) is 47.6 Å². The summed E-state index contributed by atoms with van der Waals surface area (Å²) in [4.78, 5) is 20.0. The summed E-state index contributed by atoms with van der Waals surface area (Å²) in [6.45, 7) is 8.15. The number of ether oxygens (including phenoxy) is 6. The first-order valence-electron chi connectivity index (χ1n) is 13.3. The summed E-state index contributed by atoms with van der Waals surface area (Å²) in [5, 5.41) is 0. The van der Waals surface area contributed by atoms with Crippen LogP contribution in [-0.4, -0.2) is 95.2 Å². The minimum Gasteiger partial charge on any atom is -0.497 e. The van der Waals surface area contributed by atoms with Gasteiger partial charge in [0.15, 0.2) is 11.5 Å². The average Bonchev–Trinajstić information content (AvgIpc) is 3.16. The molecule has 2 amide bonds. The predicted molar refractivity (Wildman–Crippen MR) is 152 cm³/mol. The fourth-order valence-electron chi connectivity index (χ4n) is 5.77. The number of methoxy groups -OCH3 is 6. The third-order valence-electron chi connectivity index (χ3n) is 7.93. The van der Waals surface area contributed by atoms with Crippen molar-refractivity contribution in [1.82, 2.24) is 14.7 Å². The summed E-state index contributed by atoms with van der Waals surface area (Å²) in [6.07, 6.45) is 1.54. The van der Waals surface area contributed by atoms with Gasteiger partial charge >= 0.3 is 6.03 Å². The van der Waals surface area contributed by atoms with Gasteiger partial charge in [-0.05, 0) is 48.2 Å². The van der Waals surface area contributed by atoms with Gasteiger partial charge in [-0.25, -0.2) is 4.79 Å². The molecular weight excluding hydrogens is 514 g/mol. The molecule has 40 heavy (non-hydrogen) atoms. The zero-order valence-corrected chi connectivity index (χ0v) is 24.5. The SMILES string of the molecule is C=C1N(Cc2cc(OC)c(OC)c(OC)c2)C(=O)N(CCOC)C12CCN(Cc1cc(OC)cc(OC)c1)CC2. The normalized spacial score (nSPS) is 16.9. The Balaban J connectivity index is 1.55. The van der Waals surface area contributed by atoms with Gasteiger partial charge in [0, 0.05) is 45.1 Å². The Morgan fingerprint density at radius 3 is 1.85 bits per heavy atom. The molecule has 218 valence electrons. The molecule has 2 aromatic rings. The van der Waals surface area contributed by atoms with Gasteiger partial charge in [-0.3, -0.25) is 9.80 Å². The van der Waals surface area contributed by atoms with Crippen LogP contribution in [0.15, 0.2) is 42.6 Å². The number of rotatable bonds is 12. The van der Waals surface area contributed by atoms with Crippen molar-refractivity contribution in [3.05, 3.63) is 53.7 Å². The molecule has 2 heterocycles. The van der Waals surface area contributed by atoms with Crippen LogP contribution in [0, 0.1) is 0 Å². The minimum absolute atomic E-state index is 0.0678. The third-order valence-corrected chi connectivity index (χ3v) is 7.93. The molecule has 10 heteroatoms. The largest absolute Gasteiger partial charge is 0.497 e. The molecule has 0 radical (unpaired) electrons. The van der Waals surface area contributed by atoms with Crippen LogP contribution >= 0.6 is 0 Å². The van der Waals surface area contributed by atoms with Gasteiger partial charge in [0.25, 0.3) is 0 Å². The summed E-state index contributed by atoms with van der Waals surface area (Å²) in [7, 11) is 9.70. The summed E-state index contributed by atoms with van der Waals surface area (Å²) in [5.41, 5.74) is 2.31. The Morgan fingerprint density at radius 1 is 0.775 bits per heavy atom. The Bertz CT molecular complexity index is 1160. The quantitative estimate of drug-likeness (QED) is 0.386. The number of likely N-dealkylation sites (tertiary alicyclic amines) is 1. The number of hydrogen-bond acceptors (Lipinski definition) is 8. The Labute approximate surface area is 236 Å². The summed E-state index contributed by atoms with van der Waals surface area (Å²) in [6, 6.07) is 9.62. The molecular formula is C30H41N3O7. The first kappa shape index (κ1) is 29.4. The number of hydrogen-bond donors (Lipinski definition) is 0. The molecule has 2 aliphatic rings. The number of nitrogens with zero attached hydrogens (tertiary/aromatic N) is 3. The van der Waals surface area contributed by atoms with Crippen molar-refractivity contribution >= 4 is 6.03 Å². The highest BCUT2D eigenvalue weighted by Gasteiger charge is 2.53. The van der Waals surface area contributed by atoms with Crippen molar-refractivity contribution in [1.29, 1.82) is 0 Å². The molecule has 2 saturated heterocycles. The second-order valence-corrected chi connectivity index (χ2v) is 10.0. The second-order valence-electron chi connectivity index (χ2n) is 10.0.